The van der Waals surface area contributed by atoms with E-state index < -0.39 is 17.9 Å². The first-order valence-corrected chi connectivity index (χ1v) is 8.77. The maximum absolute atomic E-state index is 13.5. The van der Waals surface area contributed by atoms with Crippen molar-refractivity contribution in [1.82, 2.24) is 20.0 Å². The van der Waals surface area contributed by atoms with Crippen molar-refractivity contribution >= 4 is 11.8 Å². The number of nitrogens with zero attached hydrogens (tertiary/aromatic N) is 4. The highest BCUT2D eigenvalue weighted by atomic mass is 32.2. The quantitative estimate of drug-likeness (QED) is 0.590. The topological polar surface area (TPSA) is 133 Å². The third-order valence-corrected chi connectivity index (χ3v) is 5.27. The molecule has 2 atom stereocenters. The highest BCUT2D eigenvalue weighted by molar-refractivity contribution is 7.99. The molecule has 0 saturated carbocycles. The first-order chi connectivity index (χ1) is 12.6. The lowest BCUT2D eigenvalue weighted by atomic mass is 9.83. The van der Waals surface area contributed by atoms with Crippen LogP contribution >= 0.6 is 11.8 Å². The number of hydrogen-bond donors (Lipinski definition) is 2. The number of rotatable bonds is 6. The lowest BCUT2D eigenvalue weighted by Crippen LogP contribution is -2.31. The summed E-state index contributed by atoms with van der Waals surface area (Å²) in [5, 5.41) is 21.3. The Balaban J connectivity index is 1.69. The van der Waals surface area contributed by atoms with E-state index in [-0.39, 0.29) is 29.6 Å². The van der Waals surface area contributed by atoms with E-state index in [4.69, 9.17) is 14.9 Å². The molecule has 1 aromatic carbocycles. The van der Waals surface area contributed by atoms with Crippen molar-refractivity contribution in [3.63, 3.8) is 0 Å². The van der Waals surface area contributed by atoms with Crippen LogP contribution in [0.2, 0.25) is 0 Å². The summed E-state index contributed by atoms with van der Waals surface area (Å²) in [5.74, 6) is -0.645. The third-order valence-electron chi connectivity index (χ3n) is 4.18. The van der Waals surface area contributed by atoms with Gasteiger partial charge in [-0.2, -0.15) is 0 Å². The number of nitrogens with two attached hydrogens (primary N) is 1. The van der Waals surface area contributed by atoms with Gasteiger partial charge in [0.1, 0.15) is 5.82 Å². The zero-order valence-electron chi connectivity index (χ0n) is 13.3. The van der Waals surface area contributed by atoms with Gasteiger partial charge in [0.25, 0.3) is 0 Å². The summed E-state index contributed by atoms with van der Waals surface area (Å²) in [6.07, 6.45) is -0.172. The van der Waals surface area contributed by atoms with Crippen LogP contribution in [0.5, 0.6) is 0 Å². The van der Waals surface area contributed by atoms with Crippen LogP contribution in [0.15, 0.2) is 37.2 Å². The second kappa shape index (κ2) is 6.67. The summed E-state index contributed by atoms with van der Waals surface area (Å²) < 4.78 is 24.4. The molecule has 9 nitrogen and oxygen atoms in total. The van der Waals surface area contributed by atoms with E-state index in [1.165, 1.54) is 28.5 Å². The predicted octanol–water partition coefficient (Wildman–Crippen LogP) is 0.583. The van der Waals surface area contributed by atoms with Crippen molar-refractivity contribution in [3.05, 3.63) is 45.7 Å². The van der Waals surface area contributed by atoms with Crippen molar-refractivity contribution in [2.45, 2.75) is 23.6 Å². The minimum Gasteiger partial charge on any atom is -0.391 e. The number of aliphatic hydroxyl groups excluding tert-OH is 1. The SMILES string of the molecule is NCC(O)CSc1nonc1-c1noc(=O)n1[C@H]1Cc2ccc(F)cc21. The summed E-state index contributed by atoms with van der Waals surface area (Å²) in [4.78, 5) is 12.2. The fourth-order valence-electron chi connectivity index (χ4n) is 2.82. The first-order valence-electron chi connectivity index (χ1n) is 7.79. The van der Waals surface area contributed by atoms with Gasteiger partial charge in [-0.05, 0) is 40.0 Å². The zero-order chi connectivity index (χ0) is 18.3. The molecule has 1 unspecified atom stereocenters. The van der Waals surface area contributed by atoms with Gasteiger partial charge in [-0.15, -0.1) is 0 Å². The Morgan fingerprint density at radius 2 is 2.27 bits per heavy atom. The molecule has 1 aliphatic carbocycles. The Hall–Kier alpha value is -2.50. The number of halogens is 1. The van der Waals surface area contributed by atoms with Gasteiger partial charge >= 0.3 is 5.76 Å². The normalized spacial score (nSPS) is 17.0. The molecule has 0 saturated heterocycles. The fraction of sp³-hybridized carbons (Fsp3) is 0.333. The summed E-state index contributed by atoms with van der Waals surface area (Å²) in [7, 11) is 0. The number of thioether (sulfide) groups is 1. The van der Waals surface area contributed by atoms with Gasteiger partial charge in [0, 0.05) is 12.3 Å². The number of fused-ring (bicyclic) bond motifs is 1. The molecule has 3 N–H and O–H groups in total. The molecule has 2 aromatic heterocycles. The van der Waals surface area contributed by atoms with Crippen molar-refractivity contribution in [2.24, 2.45) is 5.73 Å². The Labute approximate surface area is 149 Å². The molecule has 0 bridgehead atoms. The van der Waals surface area contributed by atoms with Gasteiger partial charge in [-0.3, -0.25) is 4.52 Å². The molecule has 2 heterocycles. The molecule has 136 valence electrons. The van der Waals surface area contributed by atoms with E-state index in [0.29, 0.717) is 17.0 Å². The van der Waals surface area contributed by atoms with E-state index in [0.717, 1.165) is 5.56 Å². The second-order valence-electron chi connectivity index (χ2n) is 5.82. The van der Waals surface area contributed by atoms with Gasteiger partial charge < -0.3 is 10.8 Å². The number of hydrogen-bond acceptors (Lipinski definition) is 9. The van der Waals surface area contributed by atoms with Gasteiger partial charge in [0.2, 0.25) is 5.82 Å². The molecule has 11 heteroatoms. The van der Waals surface area contributed by atoms with Crippen molar-refractivity contribution < 1.29 is 18.6 Å². The van der Waals surface area contributed by atoms with E-state index in [2.05, 4.69) is 15.5 Å². The molecule has 4 rings (SSSR count). The molecule has 1 aliphatic rings. The molecule has 0 aliphatic heterocycles. The molecule has 26 heavy (non-hydrogen) atoms. The zero-order valence-corrected chi connectivity index (χ0v) is 14.1. The summed E-state index contributed by atoms with van der Waals surface area (Å²) >= 11 is 1.17. The fourth-order valence-corrected chi connectivity index (χ4v) is 3.66. The highest BCUT2D eigenvalue weighted by Crippen LogP contribution is 2.38. The predicted molar refractivity (Wildman–Crippen MR) is 88.1 cm³/mol. The van der Waals surface area contributed by atoms with E-state index in [1.54, 1.807) is 6.07 Å². The van der Waals surface area contributed by atoms with Crippen LogP contribution in [0.25, 0.3) is 11.5 Å². The maximum atomic E-state index is 13.5. The molecule has 0 amide bonds. The average molecular weight is 379 g/mol. The van der Waals surface area contributed by atoms with Crippen LogP contribution in [-0.2, 0) is 6.42 Å². The van der Waals surface area contributed by atoms with Crippen molar-refractivity contribution in [1.29, 1.82) is 0 Å². The van der Waals surface area contributed by atoms with E-state index in [1.807, 2.05) is 0 Å². The van der Waals surface area contributed by atoms with Crippen molar-refractivity contribution in [2.75, 3.05) is 12.3 Å². The summed E-state index contributed by atoms with van der Waals surface area (Å²) in [5.41, 5.74) is 7.25. The van der Waals surface area contributed by atoms with E-state index >= 15 is 0 Å². The minimum absolute atomic E-state index is 0.104. The highest BCUT2D eigenvalue weighted by Gasteiger charge is 2.34. The van der Waals surface area contributed by atoms with Crippen LogP contribution in [0.3, 0.4) is 0 Å². The van der Waals surface area contributed by atoms with Crippen molar-refractivity contribution in [3.8, 4) is 11.5 Å². The average Bonchev–Trinajstić information content (AvgIpc) is 3.22. The van der Waals surface area contributed by atoms with Crippen LogP contribution in [0.4, 0.5) is 4.39 Å². The Morgan fingerprint density at radius 1 is 1.42 bits per heavy atom. The Bertz CT molecular complexity index is 1000. The lowest BCUT2D eigenvalue weighted by Gasteiger charge is -2.30. The van der Waals surface area contributed by atoms with E-state index in [9.17, 15) is 14.3 Å². The molecular weight excluding hydrogens is 365 g/mol. The van der Waals surface area contributed by atoms with Gasteiger partial charge in [-0.25, -0.2) is 18.4 Å². The van der Waals surface area contributed by atoms with Crippen LogP contribution in [0.1, 0.15) is 17.2 Å². The molecule has 0 radical (unpaired) electrons. The Morgan fingerprint density at radius 3 is 3.08 bits per heavy atom. The largest absolute Gasteiger partial charge is 0.442 e. The number of benzene rings is 1. The standard InChI is InChI=1S/C15H14FN5O4S/c16-8-2-1-7-3-11(10(7)4-8)21-13(19-24-15(21)23)12-14(20-25-18-12)26-6-9(22)5-17/h1-2,4,9,11,22H,3,5-6,17H2/t9?,11-/m0/s1. The van der Waals surface area contributed by atoms with Gasteiger partial charge in [0.15, 0.2) is 10.7 Å². The van der Waals surface area contributed by atoms with Crippen LogP contribution < -0.4 is 11.5 Å². The van der Waals surface area contributed by atoms with Crippen LogP contribution in [-0.4, -0.2) is 43.5 Å². The molecule has 0 spiro atoms. The van der Waals surface area contributed by atoms with Gasteiger partial charge in [-0.1, -0.05) is 23.0 Å². The molecular formula is C15H14FN5O4S. The number of aliphatic hydroxyl groups is 1. The Kier molecular flexibility index (Phi) is 4.34. The first kappa shape index (κ1) is 16.9. The van der Waals surface area contributed by atoms with Crippen LogP contribution in [0, 0.1) is 5.82 Å². The molecule has 3 aromatic rings. The minimum atomic E-state index is -0.717. The summed E-state index contributed by atoms with van der Waals surface area (Å²) in [6, 6.07) is 4.05. The lowest BCUT2D eigenvalue weighted by molar-refractivity contribution is 0.208. The monoisotopic (exact) mass is 379 g/mol. The third kappa shape index (κ3) is 2.83. The van der Waals surface area contributed by atoms with Gasteiger partial charge in [0.05, 0.1) is 12.1 Å². The molecule has 0 fully saturated rings. The maximum Gasteiger partial charge on any atom is 0.442 e. The summed E-state index contributed by atoms with van der Waals surface area (Å²) in [6.45, 7) is 0.104. The smallest absolute Gasteiger partial charge is 0.391 e. The number of aromatic nitrogens is 4. The second-order valence-corrected chi connectivity index (χ2v) is 6.83.